The molecule has 122 valence electrons. The summed E-state index contributed by atoms with van der Waals surface area (Å²) in [4.78, 5) is 18.0. The van der Waals surface area contributed by atoms with Crippen LogP contribution < -0.4 is 9.80 Å². The lowest BCUT2D eigenvalue weighted by molar-refractivity contribution is 0.647. The minimum atomic E-state index is 0.943. The molecular formula is C19H21N5. The molecule has 0 bridgehead atoms. The van der Waals surface area contributed by atoms with E-state index in [4.69, 9.17) is 0 Å². The molecule has 4 rings (SSSR count). The van der Waals surface area contributed by atoms with E-state index in [1.807, 2.05) is 12.3 Å². The number of aromatic nitrogens is 3. The van der Waals surface area contributed by atoms with Crippen LogP contribution in [0, 0.1) is 0 Å². The van der Waals surface area contributed by atoms with Crippen LogP contribution in [0.4, 0.5) is 11.5 Å². The highest BCUT2D eigenvalue weighted by molar-refractivity contribution is 5.91. The third kappa shape index (κ3) is 2.77. The molecule has 1 aromatic carbocycles. The van der Waals surface area contributed by atoms with E-state index in [0.717, 1.165) is 49.6 Å². The Kier molecular flexibility index (Phi) is 3.99. The Morgan fingerprint density at radius 3 is 2.54 bits per heavy atom. The van der Waals surface area contributed by atoms with Crippen molar-refractivity contribution in [3.05, 3.63) is 54.6 Å². The average molecular weight is 319 g/mol. The van der Waals surface area contributed by atoms with Crippen LogP contribution in [0.5, 0.6) is 0 Å². The molecule has 3 heterocycles. The largest absolute Gasteiger partial charge is 0.367 e. The van der Waals surface area contributed by atoms with Crippen molar-refractivity contribution in [2.75, 3.05) is 36.0 Å². The molecule has 1 aliphatic rings. The van der Waals surface area contributed by atoms with Crippen LogP contribution in [0.2, 0.25) is 0 Å². The minimum absolute atomic E-state index is 0.943. The van der Waals surface area contributed by atoms with Crippen LogP contribution in [0.1, 0.15) is 12.6 Å². The average Bonchev–Trinajstić information content (AvgIpc) is 2.68. The Morgan fingerprint density at radius 1 is 0.917 bits per heavy atom. The number of hydrogen-bond acceptors (Lipinski definition) is 5. The predicted octanol–water partition coefficient (Wildman–Crippen LogP) is 2.91. The zero-order chi connectivity index (χ0) is 16.4. The van der Waals surface area contributed by atoms with E-state index in [1.54, 1.807) is 6.33 Å². The van der Waals surface area contributed by atoms with Gasteiger partial charge in [-0.05, 0) is 18.6 Å². The first-order chi connectivity index (χ1) is 11.8. The van der Waals surface area contributed by atoms with Gasteiger partial charge in [-0.15, -0.1) is 0 Å². The summed E-state index contributed by atoms with van der Waals surface area (Å²) < 4.78 is 0. The molecule has 0 amide bonds. The van der Waals surface area contributed by atoms with Crippen LogP contribution in [0.15, 0.2) is 48.9 Å². The molecule has 0 radical (unpaired) electrons. The number of fused-ring (bicyclic) bond motifs is 1. The maximum atomic E-state index is 4.46. The van der Waals surface area contributed by atoms with Crippen LogP contribution in [-0.2, 0) is 6.42 Å². The maximum Gasteiger partial charge on any atom is 0.132 e. The molecule has 5 heteroatoms. The molecule has 0 aliphatic carbocycles. The fourth-order valence-corrected chi connectivity index (χ4v) is 3.28. The van der Waals surface area contributed by atoms with Gasteiger partial charge in [0.1, 0.15) is 12.1 Å². The van der Waals surface area contributed by atoms with Crippen molar-refractivity contribution in [2.45, 2.75) is 13.3 Å². The number of para-hydroxylation sites is 1. The van der Waals surface area contributed by atoms with Crippen LogP contribution in [0.3, 0.4) is 0 Å². The molecule has 2 aromatic heterocycles. The highest BCUT2D eigenvalue weighted by atomic mass is 15.3. The van der Waals surface area contributed by atoms with Gasteiger partial charge in [-0.3, -0.25) is 4.98 Å². The molecule has 5 nitrogen and oxygen atoms in total. The van der Waals surface area contributed by atoms with E-state index in [-0.39, 0.29) is 0 Å². The van der Waals surface area contributed by atoms with E-state index in [2.05, 4.69) is 62.0 Å². The lowest BCUT2D eigenvalue weighted by Crippen LogP contribution is -2.47. The van der Waals surface area contributed by atoms with Crippen molar-refractivity contribution in [1.82, 2.24) is 15.0 Å². The number of pyridine rings is 1. The van der Waals surface area contributed by atoms with E-state index in [1.165, 1.54) is 11.1 Å². The molecule has 24 heavy (non-hydrogen) atoms. The Hall–Kier alpha value is -2.69. The van der Waals surface area contributed by atoms with Crippen molar-refractivity contribution in [2.24, 2.45) is 0 Å². The zero-order valence-electron chi connectivity index (χ0n) is 13.9. The van der Waals surface area contributed by atoms with E-state index in [9.17, 15) is 0 Å². The van der Waals surface area contributed by atoms with Crippen LogP contribution in [0.25, 0.3) is 10.9 Å². The molecular weight excluding hydrogens is 298 g/mol. The molecule has 0 spiro atoms. The Balaban J connectivity index is 1.53. The van der Waals surface area contributed by atoms with E-state index < -0.39 is 0 Å². The van der Waals surface area contributed by atoms with Gasteiger partial charge in [-0.25, -0.2) is 9.97 Å². The summed E-state index contributed by atoms with van der Waals surface area (Å²) in [5.74, 6) is 1.04. The quantitative estimate of drug-likeness (QED) is 0.743. The molecule has 0 unspecified atom stereocenters. The first kappa shape index (κ1) is 14.9. The first-order valence-electron chi connectivity index (χ1n) is 8.49. The predicted molar refractivity (Wildman–Crippen MR) is 97.6 cm³/mol. The summed E-state index contributed by atoms with van der Waals surface area (Å²) in [6, 6.07) is 12.6. The second-order valence-corrected chi connectivity index (χ2v) is 6.04. The smallest absolute Gasteiger partial charge is 0.132 e. The standard InChI is InChI=1S/C19H21N5/c1-2-15-13-19(22-14-21-15)24-11-9-23(10-12-24)18-7-8-20-17-6-4-3-5-16(17)18/h3-8,13-14H,2,9-12H2,1H3. The second kappa shape index (κ2) is 6.43. The molecule has 0 atom stereocenters. The van der Waals surface area contributed by atoms with Gasteiger partial charge in [0.15, 0.2) is 0 Å². The third-order valence-corrected chi connectivity index (χ3v) is 4.64. The lowest BCUT2D eigenvalue weighted by atomic mass is 10.1. The third-order valence-electron chi connectivity index (χ3n) is 4.64. The Bertz CT molecular complexity index is 835. The summed E-state index contributed by atoms with van der Waals surface area (Å²) in [5, 5.41) is 1.23. The summed E-state index contributed by atoms with van der Waals surface area (Å²) >= 11 is 0. The number of piperazine rings is 1. The molecule has 1 fully saturated rings. The van der Waals surface area contributed by atoms with Crippen molar-refractivity contribution in [1.29, 1.82) is 0 Å². The number of benzene rings is 1. The van der Waals surface area contributed by atoms with Crippen molar-refractivity contribution in [3.63, 3.8) is 0 Å². The number of rotatable bonds is 3. The van der Waals surface area contributed by atoms with E-state index in [0.29, 0.717) is 0 Å². The fraction of sp³-hybridized carbons (Fsp3) is 0.316. The normalized spacial score (nSPS) is 15.0. The maximum absolute atomic E-state index is 4.46. The van der Waals surface area contributed by atoms with Crippen molar-refractivity contribution in [3.8, 4) is 0 Å². The zero-order valence-corrected chi connectivity index (χ0v) is 13.9. The summed E-state index contributed by atoms with van der Waals surface area (Å²) in [7, 11) is 0. The second-order valence-electron chi connectivity index (χ2n) is 6.04. The van der Waals surface area contributed by atoms with Gasteiger partial charge in [-0.2, -0.15) is 0 Å². The molecule has 1 saturated heterocycles. The summed E-state index contributed by atoms with van der Waals surface area (Å²) in [6.07, 6.45) is 4.53. The van der Waals surface area contributed by atoms with Gasteiger partial charge in [-0.1, -0.05) is 25.1 Å². The number of hydrogen-bond donors (Lipinski definition) is 0. The summed E-state index contributed by atoms with van der Waals surface area (Å²) in [5.41, 5.74) is 3.43. The monoisotopic (exact) mass is 319 g/mol. The van der Waals surface area contributed by atoms with Crippen LogP contribution in [-0.4, -0.2) is 41.1 Å². The van der Waals surface area contributed by atoms with Gasteiger partial charge in [0.05, 0.1) is 5.52 Å². The highest BCUT2D eigenvalue weighted by Gasteiger charge is 2.20. The number of aryl methyl sites for hydroxylation is 1. The molecule has 1 aliphatic heterocycles. The molecule has 3 aromatic rings. The van der Waals surface area contributed by atoms with Crippen molar-refractivity contribution >= 4 is 22.4 Å². The first-order valence-corrected chi connectivity index (χ1v) is 8.49. The highest BCUT2D eigenvalue weighted by Crippen LogP contribution is 2.26. The lowest BCUT2D eigenvalue weighted by Gasteiger charge is -2.37. The van der Waals surface area contributed by atoms with E-state index >= 15 is 0 Å². The topological polar surface area (TPSA) is 45.2 Å². The van der Waals surface area contributed by atoms with Gasteiger partial charge in [0, 0.05) is 55.2 Å². The Morgan fingerprint density at radius 2 is 1.71 bits per heavy atom. The van der Waals surface area contributed by atoms with Crippen LogP contribution >= 0.6 is 0 Å². The van der Waals surface area contributed by atoms with Crippen molar-refractivity contribution < 1.29 is 0 Å². The number of nitrogens with zero attached hydrogens (tertiary/aromatic N) is 5. The fourth-order valence-electron chi connectivity index (χ4n) is 3.28. The van der Waals surface area contributed by atoms with Gasteiger partial charge in [0.2, 0.25) is 0 Å². The molecule has 0 N–H and O–H groups in total. The minimum Gasteiger partial charge on any atom is -0.367 e. The SMILES string of the molecule is CCc1cc(N2CCN(c3ccnc4ccccc34)CC2)ncn1. The summed E-state index contributed by atoms with van der Waals surface area (Å²) in [6.45, 7) is 6.03. The van der Waals surface area contributed by atoms with Gasteiger partial charge < -0.3 is 9.80 Å². The van der Waals surface area contributed by atoms with Gasteiger partial charge in [0.25, 0.3) is 0 Å². The molecule has 0 saturated carbocycles. The number of anilines is 2. The Labute approximate surface area is 142 Å². The van der Waals surface area contributed by atoms with Gasteiger partial charge >= 0.3 is 0 Å².